The van der Waals surface area contributed by atoms with E-state index in [0.717, 1.165) is 24.2 Å². The van der Waals surface area contributed by atoms with Crippen LogP contribution in [0, 0.1) is 0 Å². The molecule has 0 spiro atoms. The van der Waals surface area contributed by atoms with E-state index in [-0.39, 0.29) is 11.4 Å². The fourth-order valence-electron chi connectivity index (χ4n) is 2.65. The number of halogens is 3. The van der Waals surface area contributed by atoms with Crippen LogP contribution in [0.2, 0.25) is 0 Å². The van der Waals surface area contributed by atoms with Gasteiger partial charge in [-0.1, -0.05) is 6.07 Å². The predicted octanol–water partition coefficient (Wildman–Crippen LogP) is 3.16. The van der Waals surface area contributed by atoms with Crippen LogP contribution in [0.15, 0.2) is 41.4 Å². The molecule has 3 N–H and O–H groups in total. The largest absolute Gasteiger partial charge is 0.417 e. The number of nitrogens with two attached hydrogens (primary N) is 1. The Morgan fingerprint density at radius 3 is 2.67 bits per heavy atom. The van der Waals surface area contributed by atoms with Crippen LogP contribution in [0.3, 0.4) is 0 Å². The summed E-state index contributed by atoms with van der Waals surface area (Å²) in [5.41, 5.74) is -0.686. The standard InChI is InChI=1S/C17H17F3N4O2S/c18-17(19,20)11-8-14(15(22-10-11)24-4-6-26-7-5-24)16(25)23-12-2-1-3-13(9-12)27-21/h1-3,8-10H,4-7,21H2,(H,23,25). The lowest BCUT2D eigenvalue weighted by atomic mass is 10.1. The summed E-state index contributed by atoms with van der Waals surface area (Å²) in [6.07, 6.45) is -3.85. The van der Waals surface area contributed by atoms with E-state index in [4.69, 9.17) is 9.88 Å². The van der Waals surface area contributed by atoms with Gasteiger partial charge in [0.2, 0.25) is 0 Å². The molecule has 1 aliphatic heterocycles. The first-order chi connectivity index (χ1) is 12.9. The molecule has 0 unspecified atom stereocenters. The summed E-state index contributed by atoms with van der Waals surface area (Å²) >= 11 is 1.00. The van der Waals surface area contributed by atoms with E-state index in [0.29, 0.717) is 36.9 Å². The Balaban J connectivity index is 1.95. The Labute approximate surface area is 158 Å². The molecule has 1 saturated heterocycles. The highest BCUT2D eigenvalue weighted by Crippen LogP contribution is 2.32. The van der Waals surface area contributed by atoms with Gasteiger partial charge in [-0.15, -0.1) is 0 Å². The molecule has 2 aromatic rings. The number of rotatable bonds is 4. The monoisotopic (exact) mass is 398 g/mol. The minimum absolute atomic E-state index is 0.141. The third-order valence-corrected chi connectivity index (χ3v) is 4.50. The first kappa shape index (κ1) is 19.5. The van der Waals surface area contributed by atoms with Crippen molar-refractivity contribution in [2.45, 2.75) is 11.1 Å². The van der Waals surface area contributed by atoms with Crippen molar-refractivity contribution in [2.75, 3.05) is 36.5 Å². The lowest BCUT2D eigenvalue weighted by Gasteiger charge is -2.29. The van der Waals surface area contributed by atoms with E-state index in [9.17, 15) is 18.0 Å². The van der Waals surface area contributed by atoms with Gasteiger partial charge < -0.3 is 15.0 Å². The Hall–Kier alpha value is -2.30. The molecule has 6 nitrogen and oxygen atoms in total. The highest BCUT2D eigenvalue weighted by molar-refractivity contribution is 7.97. The van der Waals surface area contributed by atoms with Gasteiger partial charge >= 0.3 is 6.18 Å². The summed E-state index contributed by atoms with van der Waals surface area (Å²) in [6, 6.07) is 7.54. The Bertz CT molecular complexity index is 826. The molecule has 27 heavy (non-hydrogen) atoms. The summed E-state index contributed by atoms with van der Waals surface area (Å²) in [7, 11) is 0. The smallest absolute Gasteiger partial charge is 0.378 e. The molecule has 0 saturated carbocycles. The second-order valence-corrected chi connectivity index (χ2v) is 6.50. The van der Waals surface area contributed by atoms with Gasteiger partial charge in [0, 0.05) is 29.9 Å². The molecule has 1 fully saturated rings. The van der Waals surface area contributed by atoms with Gasteiger partial charge in [0.25, 0.3) is 5.91 Å². The van der Waals surface area contributed by atoms with Crippen LogP contribution in [0.1, 0.15) is 15.9 Å². The van der Waals surface area contributed by atoms with Gasteiger partial charge in [-0.25, -0.2) is 4.98 Å². The second kappa shape index (κ2) is 8.15. The summed E-state index contributed by atoms with van der Waals surface area (Å²) in [5, 5.41) is 8.12. The maximum Gasteiger partial charge on any atom is 0.417 e. The van der Waals surface area contributed by atoms with Crippen molar-refractivity contribution >= 4 is 29.4 Å². The summed E-state index contributed by atoms with van der Waals surface area (Å²) < 4.78 is 44.6. The van der Waals surface area contributed by atoms with Crippen molar-refractivity contribution in [1.82, 2.24) is 4.98 Å². The number of hydrogen-bond acceptors (Lipinski definition) is 6. The van der Waals surface area contributed by atoms with E-state index in [1.165, 1.54) is 0 Å². The molecule has 2 heterocycles. The molecule has 0 radical (unpaired) electrons. The number of nitrogens with one attached hydrogen (secondary N) is 1. The van der Waals surface area contributed by atoms with Crippen molar-refractivity contribution in [3.63, 3.8) is 0 Å². The number of hydrogen-bond donors (Lipinski definition) is 2. The van der Waals surface area contributed by atoms with Crippen molar-refractivity contribution in [2.24, 2.45) is 5.14 Å². The van der Waals surface area contributed by atoms with Crippen LogP contribution in [0.5, 0.6) is 0 Å². The fourth-order valence-corrected chi connectivity index (χ4v) is 3.00. The number of benzene rings is 1. The highest BCUT2D eigenvalue weighted by Gasteiger charge is 2.33. The van der Waals surface area contributed by atoms with Crippen LogP contribution in [0.4, 0.5) is 24.7 Å². The molecule has 0 bridgehead atoms. The quantitative estimate of drug-likeness (QED) is 0.771. The summed E-state index contributed by atoms with van der Waals surface area (Å²) in [4.78, 5) is 19.1. The van der Waals surface area contributed by atoms with Gasteiger partial charge in [0.15, 0.2) is 0 Å². The van der Waals surface area contributed by atoms with Crippen LogP contribution in [-0.4, -0.2) is 37.2 Å². The average Bonchev–Trinajstić information content (AvgIpc) is 2.67. The van der Waals surface area contributed by atoms with Crippen LogP contribution in [0.25, 0.3) is 0 Å². The predicted molar refractivity (Wildman–Crippen MR) is 96.7 cm³/mol. The molecule has 1 aromatic heterocycles. The van der Waals surface area contributed by atoms with E-state index in [1.54, 1.807) is 29.2 Å². The molecule has 1 aliphatic rings. The summed E-state index contributed by atoms with van der Waals surface area (Å²) in [5.74, 6) is -0.470. The molecule has 1 amide bonds. The molecular weight excluding hydrogens is 381 g/mol. The first-order valence-corrected chi connectivity index (χ1v) is 8.94. The maximum absolute atomic E-state index is 13.1. The number of alkyl halides is 3. The number of nitrogens with zero attached hydrogens (tertiary/aromatic N) is 2. The SMILES string of the molecule is NSc1cccc(NC(=O)c2cc(C(F)(F)F)cnc2N2CCOCC2)c1. The number of morpholine rings is 1. The number of pyridine rings is 1. The highest BCUT2D eigenvalue weighted by atomic mass is 32.2. The molecule has 144 valence electrons. The van der Waals surface area contributed by atoms with Crippen molar-refractivity contribution in [1.29, 1.82) is 0 Å². The topological polar surface area (TPSA) is 80.5 Å². The summed E-state index contributed by atoms with van der Waals surface area (Å²) in [6.45, 7) is 1.72. The van der Waals surface area contributed by atoms with E-state index in [2.05, 4.69) is 10.3 Å². The van der Waals surface area contributed by atoms with Gasteiger partial charge in [0.1, 0.15) is 5.82 Å². The van der Waals surface area contributed by atoms with Crippen LogP contribution >= 0.6 is 11.9 Å². The molecule has 0 atom stereocenters. The number of carbonyl (C=O) groups excluding carboxylic acids is 1. The number of carbonyl (C=O) groups is 1. The van der Waals surface area contributed by atoms with E-state index < -0.39 is 17.6 Å². The van der Waals surface area contributed by atoms with Gasteiger partial charge in [0.05, 0.1) is 24.3 Å². The molecule has 1 aromatic carbocycles. The van der Waals surface area contributed by atoms with Gasteiger partial charge in [-0.05, 0) is 36.2 Å². The number of anilines is 2. The fraction of sp³-hybridized carbons (Fsp3) is 0.294. The van der Waals surface area contributed by atoms with Gasteiger partial charge in [-0.3, -0.25) is 9.93 Å². The van der Waals surface area contributed by atoms with E-state index >= 15 is 0 Å². The molecule has 0 aliphatic carbocycles. The Morgan fingerprint density at radius 1 is 1.26 bits per heavy atom. The second-order valence-electron chi connectivity index (χ2n) is 5.79. The molecule has 10 heteroatoms. The third-order valence-electron chi connectivity index (χ3n) is 3.98. The zero-order chi connectivity index (χ0) is 19.4. The Morgan fingerprint density at radius 2 is 2.00 bits per heavy atom. The van der Waals surface area contributed by atoms with Crippen molar-refractivity contribution < 1.29 is 22.7 Å². The first-order valence-electron chi connectivity index (χ1n) is 8.06. The minimum Gasteiger partial charge on any atom is -0.378 e. The normalized spacial score (nSPS) is 14.9. The third kappa shape index (κ3) is 4.71. The van der Waals surface area contributed by atoms with Gasteiger partial charge in [-0.2, -0.15) is 13.2 Å². The number of amides is 1. The van der Waals surface area contributed by atoms with Crippen LogP contribution < -0.4 is 15.4 Å². The van der Waals surface area contributed by atoms with Crippen molar-refractivity contribution in [3.05, 3.63) is 47.7 Å². The molecular formula is C17H17F3N4O2S. The Kier molecular flexibility index (Phi) is 5.88. The zero-order valence-electron chi connectivity index (χ0n) is 14.1. The number of aromatic nitrogens is 1. The van der Waals surface area contributed by atoms with Crippen molar-refractivity contribution in [3.8, 4) is 0 Å². The lowest BCUT2D eigenvalue weighted by Crippen LogP contribution is -2.38. The zero-order valence-corrected chi connectivity index (χ0v) is 14.9. The number of ether oxygens (including phenoxy) is 1. The van der Waals surface area contributed by atoms with Crippen LogP contribution in [-0.2, 0) is 10.9 Å². The molecule has 3 rings (SSSR count). The lowest BCUT2D eigenvalue weighted by molar-refractivity contribution is -0.137. The van der Waals surface area contributed by atoms with E-state index in [1.807, 2.05) is 0 Å². The maximum atomic E-state index is 13.1. The average molecular weight is 398 g/mol. The minimum atomic E-state index is -4.60.